The molecule has 0 saturated carbocycles. The summed E-state index contributed by atoms with van der Waals surface area (Å²) in [6.07, 6.45) is 1.53. The minimum absolute atomic E-state index is 0.0721. The molecule has 0 spiro atoms. The van der Waals surface area contributed by atoms with Crippen molar-refractivity contribution in [3.8, 4) is 0 Å². The summed E-state index contributed by atoms with van der Waals surface area (Å²) in [6.45, 7) is 1.58. The van der Waals surface area contributed by atoms with E-state index < -0.39 is 18.0 Å². The van der Waals surface area contributed by atoms with Crippen molar-refractivity contribution in [2.24, 2.45) is 0 Å². The van der Waals surface area contributed by atoms with Crippen LogP contribution in [-0.2, 0) is 9.53 Å². The lowest BCUT2D eigenvalue weighted by Crippen LogP contribution is -2.20. The summed E-state index contributed by atoms with van der Waals surface area (Å²) in [5.74, 6) is -1.53. The van der Waals surface area contributed by atoms with E-state index in [1.54, 1.807) is 13.0 Å². The second kappa shape index (κ2) is 3.95. The van der Waals surface area contributed by atoms with E-state index >= 15 is 0 Å². The van der Waals surface area contributed by atoms with Crippen LogP contribution in [0.4, 0.5) is 0 Å². The lowest BCUT2D eigenvalue weighted by molar-refractivity contribution is -0.144. The molecule has 0 aliphatic carbocycles. The maximum atomic E-state index is 11.1. The minimum Gasteiger partial charge on any atom is -0.477 e. The van der Waals surface area contributed by atoms with Gasteiger partial charge in [0.1, 0.15) is 11.7 Å². The van der Waals surface area contributed by atoms with Crippen molar-refractivity contribution in [3.05, 3.63) is 24.0 Å². The molecular weight excluding hydrogens is 186 g/mol. The maximum Gasteiger partial charge on any atom is 0.352 e. The summed E-state index contributed by atoms with van der Waals surface area (Å²) in [5.41, 5.74) is 0.0721. The maximum absolute atomic E-state index is 11.1. The van der Waals surface area contributed by atoms with E-state index in [-0.39, 0.29) is 5.69 Å². The molecule has 0 aliphatic rings. The molecule has 14 heavy (non-hydrogen) atoms. The quantitative estimate of drug-likeness (QED) is 0.731. The SMILES string of the molecule is COC(=O)C(C)n1cccc1C(=O)O. The molecule has 0 radical (unpaired) electrons. The highest BCUT2D eigenvalue weighted by Crippen LogP contribution is 2.12. The number of nitrogens with zero attached hydrogens (tertiary/aromatic N) is 1. The zero-order valence-electron chi connectivity index (χ0n) is 7.93. The van der Waals surface area contributed by atoms with E-state index in [9.17, 15) is 9.59 Å². The first-order valence-corrected chi connectivity index (χ1v) is 4.06. The molecule has 0 fully saturated rings. The van der Waals surface area contributed by atoms with Gasteiger partial charge >= 0.3 is 11.9 Å². The summed E-state index contributed by atoms with van der Waals surface area (Å²) in [5, 5.41) is 8.78. The van der Waals surface area contributed by atoms with Gasteiger partial charge in [-0.1, -0.05) is 0 Å². The molecule has 0 bridgehead atoms. The summed E-state index contributed by atoms with van der Waals surface area (Å²) in [6, 6.07) is 2.38. The van der Waals surface area contributed by atoms with Gasteiger partial charge in [0.25, 0.3) is 0 Å². The molecule has 1 N–H and O–H groups in total. The Morgan fingerprint density at radius 1 is 1.57 bits per heavy atom. The van der Waals surface area contributed by atoms with Crippen molar-refractivity contribution in [1.29, 1.82) is 0 Å². The molecule has 0 aliphatic heterocycles. The van der Waals surface area contributed by atoms with Crippen molar-refractivity contribution in [3.63, 3.8) is 0 Å². The molecule has 5 nitrogen and oxygen atoms in total. The topological polar surface area (TPSA) is 68.5 Å². The standard InChI is InChI=1S/C9H11NO4/c1-6(9(13)14-2)10-5-3-4-7(10)8(11)12/h3-6H,1-2H3,(H,11,12). The number of ether oxygens (including phenoxy) is 1. The zero-order valence-corrected chi connectivity index (χ0v) is 7.93. The first-order valence-electron chi connectivity index (χ1n) is 4.06. The average Bonchev–Trinajstić information content (AvgIpc) is 2.63. The third-order valence-electron chi connectivity index (χ3n) is 1.96. The molecule has 5 heteroatoms. The van der Waals surface area contributed by atoms with Crippen molar-refractivity contribution in [2.75, 3.05) is 7.11 Å². The molecule has 0 amide bonds. The van der Waals surface area contributed by atoms with Crippen LogP contribution in [0.5, 0.6) is 0 Å². The van der Waals surface area contributed by atoms with Crippen LogP contribution in [0.2, 0.25) is 0 Å². The smallest absolute Gasteiger partial charge is 0.352 e. The Kier molecular flexibility index (Phi) is 2.91. The highest BCUT2D eigenvalue weighted by Gasteiger charge is 2.19. The first kappa shape index (κ1) is 10.3. The van der Waals surface area contributed by atoms with Gasteiger partial charge in [0.05, 0.1) is 7.11 Å². The molecule has 0 saturated heterocycles. The number of methoxy groups -OCH3 is 1. The Hall–Kier alpha value is -1.78. The molecule has 1 aromatic rings. The van der Waals surface area contributed by atoms with E-state index in [0.29, 0.717) is 0 Å². The number of rotatable bonds is 3. The van der Waals surface area contributed by atoms with Crippen LogP contribution in [0, 0.1) is 0 Å². The van der Waals surface area contributed by atoms with Gasteiger partial charge in [0.2, 0.25) is 0 Å². The van der Waals surface area contributed by atoms with Gasteiger partial charge in [-0.3, -0.25) is 0 Å². The predicted molar refractivity (Wildman–Crippen MR) is 48.1 cm³/mol. The average molecular weight is 197 g/mol. The van der Waals surface area contributed by atoms with E-state index in [2.05, 4.69) is 4.74 Å². The van der Waals surface area contributed by atoms with Crippen LogP contribution in [0.15, 0.2) is 18.3 Å². The Morgan fingerprint density at radius 2 is 2.21 bits per heavy atom. The molecule has 76 valence electrons. The van der Waals surface area contributed by atoms with Crippen LogP contribution in [0.1, 0.15) is 23.5 Å². The summed E-state index contributed by atoms with van der Waals surface area (Å²) >= 11 is 0. The van der Waals surface area contributed by atoms with Gasteiger partial charge in [-0.2, -0.15) is 0 Å². The Bertz CT molecular complexity index is 355. The van der Waals surface area contributed by atoms with Gasteiger partial charge in [-0.15, -0.1) is 0 Å². The monoisotopic (exact) mass is 197 g/mol. The number of aromatic nitrogens is 1. The molecule has 0 aromatic carbocycles. The number of aromatic carboxylic acids is 1. The summed E-state index contributed by atoms with van der Waals surface area (Å²) < 4.78 is 5.87. The highest BCUT2D eigenvalue weighted by atomic mass is 16.5. The van der Waals surface area contributed by atoms with Crippen LogP contribution in [-0.4, -0.2) is 28.7 Å². The number of hydrogen-bond donors (Lipinski definition) is 1. The largest absolute Gasteiger partial charge is 0.477 e. The van der Waals surface area contributed by atoms with Crippen molar-refractivity contribution in [1.82, 2.24) is 4.57 Å². The number of carbonyl (C=O) groups is 2. The third kappa shape index (κ3) is 1.76. The van der Waals surface area contributed by atoms with Crippen molar-refractivity contribution < 1.29 is 19.4 Å². The van der Waals surface area contributed by atoms with E-state index in [1.807, 2.05) is 0 Å². The van der Waals surface area contributed by atoms with Crippen molar-refractivity contribution >= 4 is 11.9 Å². The fraction of sp³-hybridized carbons (Fsp3) is 0.333. The zero-order chi connectivity index (χ0) is 10.7. The number of carboxylic acids is 1. The third-order valence-corrected chi connectivity index (χ3v) is 1.96. The second-order valence-electron chi connectivity index (χ2n) is 2.80. The number of carbonyl (C=O) groups excluding carboxylic acids is 1. The first-order chi connectivity index (χ1) is 6.57. The normalized spacial score (nSPS) is 12.1. The van der Waals surface area contributed by atoms with Gasteiger partial charge in [-0.05, 0) is 19.1 Å². The predicted octanol–water partition coefficient (Wildman–Crippen LogP) is 0.920. The molecule has 1 aromatic heterocycles. The molecular formula is C9H11NO4. The van der Waals surface area contributed by atoms with E-state index in [1.165, 1.54) is 23.9 Å². The van der Waals surface area contributed by atoms with Gasteiger partial charge in [-0.25, -0.2) is 9.59 Å². The Labute approximate surface area is 80.9 Å². The fourth-order valence-electron chi connectivity index (χ4n) is 1.20. The number of hydrogen-bond acceptors (Lipinski definition) is 3. The molecule has 1 atom stereocenters. The molecule has 1 rings (SSSR count). The summed E-state index contributed by atoms with van der Waals surface area (Å²) in [4.78, 5) is 21.9. The summed E-state index contributed by atoms with van der Waals surface area (Å²) in [7, 11) is 1.27. The highest BCUT2D eigenvalue weighted by molar-refractivity contribution is 5.87. The Balaban J connectivity index is 3.00. The number of esters is 1. The lowest BCUT2D eigenvalue weighted by Gasteiger charge is -2.12. The van der Waals surface area contributed by atoms with E-state index in [4.69, 9.17) is 5.11 Å². The number of carboxylic acid groups (broad SMARTS) is 1. The fourth-order valence-corrected chi connectivity index (χ4v) is 1.20. The molecule has 1 heterocycles. The van der Waals surface area contributed by atoms with Crippen LogP contribution < -0.4 is 0 Å². The lowest BCUT2D eigenvalue weighted by atomic mass is 10.3. The van der Waals surface area contributed by atoms with Gasteiger partial charge < -0.3 is 14.4 Å². The van der Waals surface area contributed by atoms with E-state index in [0.717, 1.165) is 0 Å². The molecule has 1 unspecified atom stereocenters. The van der Waals surface area contributed by atoms with Crippen LogP contribution >= 0.6 is 0 Å². The second-order valence-corrected chi connectivity index (χ2v) is 2.80. The van der Waals surface area contributed by atoms with Gasteiger partial charge in [0.15, 0.2) is 0 Å². The van der Waals surface area contributed by atoms with Gasteiger partial charge in [0, 0.05) is 6.20 Å². The minimum atomic E-state index is -1.06. The Morgan fingerprint density at radius 3 is 2.71 bits per heavy atom. The van der Waals surface area contributed by atoms with Crippen LogP contribution in [0.3, 0.4) is 0 Å². The van der Waals surface area contributed by atoms with Crippen LogP contribution in [0.25, 0.3) is 0 Å². The van der Waals surface area contributed by atoms with Crippen molar-refractivity contribution in [2.45, 2.75) is 13.0 Å².